The van der Waals surface area contributed by atoms with Gasteiger partial charge in [0.05, 0.1) is 18.9 Å². The standard InChI is InChI=1S/C13H19N3O3/c1-15-9-10(14)8-11(15)12(17)16-4-2-13(3-5-16)18-6-7-19-13/h8-9H,2-7,14H2,1H3. The summed E-state index contributed by atoms with van der Waals surface area (Å²) in [6.07, 6.45) is 3.22. The molecule has 6 heteroatoms. The number of ether oxygens (including phenoxy) is 2. The third-order valence-corrected chi connectivity index (χ3v) is 3.87. The van der Waals surface area contributed by atoms with Gasteiger partial charge in [0.25, 0.3) is 5.91 Å². The van der Waals surface area contributed by atoms with Crippen molar-refractivity contribution in [2.45, 2.75) is 18.6 Å². The fourth-order valence-corrected chi connectivity index (χ4v) is 2.80. The Kier molecular flexibility index (Phi) is 2.99. The first-order valence-electron chi connectivity index (χ1n) is 6.59. The Labute approximate surface area is 112 Å². The zero-order chi connectivity index (χ0) is 13.5. The first kappa shape index (κ1) is 12.5. The van der Waals surface area contributed by atoms with Crippen LogP contribution in [-0.2, 0) is 16.5 Å². The van der Waals surface area contributed by atoms with E-state index in [1.807, 2.05) is 11.9 Å². The van der Waals surface area contributed by atoms with Crippen molar-refractivity contribution in [1.29, 1.82) is 0 Å². The lowest BCUT2D eigenvalue weighted by Gasteiger charge is -2.37. The average molecular weight is 265 g/mol. The molecule has 19 heavy (non-hydrogen) atoms. The number of nitrogens with zero attached hydrogens (tertiary/aromatic N) is 2. The van der Waals surface area contributed by atoms with Gasteiger partial charge in [0.2, 0.25) is 0 Å². The lowest BCUT2D eigenvalue weighted by Crippen LogP contribution is -2.47. The van der Waals surface area contributed by atoms with Gasteiger partial charge in [-0.1, -0.05) is 0 Å². The molecule has 0 radical (unpaired) electrons. The second kappa shape index (κ2) is 4.54. The van der Waals surface area contributed by atoms with E-state index < -0.39 is 5.79 Å². The molecule has 2 N–H and O–H groups in total. The number of amides is 1. The fraction of sp³-hybridized carbons (Fsp3) is 0.615. The summed E-state index contributed by atoms with van der Waals surface area (Å²) < 4.78 is 13.1. The Balaban J connectivity index is 1.68. The van der Waals surface area contributed by atoms with E-state index in [1.165, 1.54) is 0 Å². The molecule has 0 aromatic carbocycles. The molecule has 6 nitrogen and oxygen atoms in total. The second-order valence-corrected chi connectivity index (χ2v) is 5.17. The number of aryl methyl sites for hydroxylation is 1. The van der Waals surface area contributed by atoms with Gasteiger partial charge in [0.15, 0.2) is 5.79 Å². The Hall–Kier alpha value is -1.53. The first-order chi connectivity index (χ1) is 9.10. The molecule has 2 fully saturated rings. The van der Waals surface area contributed by atoms with Crippen molar-refractivity contribution in [2.24, 2.45) is 7.05 Å². The maximum Gasteiger partial charge on any atom is 0.270 e. The van der Waals surface area contributed by atoms with Crippen molar-refractivity contribution in [3.05, 3.63) is 18.0 Å². The summed E-state index contributed by atoms with van der Waals surface area (Å²) in [5.74, 6) is -0.420. The molecule has 3 heterocycles. The van der Waals surface area contributed by atoms with E-state index in [9.17, 15) is 4.79 Å². The van der Waals surface area contributed by atoms with E-state index in [0.29, 0.717) is 37.7 Å². The van der Waals surface area contributed by atoms with Crippen LogP contribution in [0.5, 0.6) is 0 Å². The first-order valence-corrected chi connectivity index (χ1v) is 6.59. The molecule has 104 valence electrons. The molecule has 0 aliphatic carbocycles. The minimum atomic E-state index is -0.440. The van der Waals surface area contributed by atoms with Crippen molar-refractivity contribution >= 4 is 11.6 Å². The van der Waals surface area contributed by atoms with Gasteiger partial charge in [-0.2, -0.15) is 0 Å². The molecule has 0 atom stereocenters. The minimum absolute atomic E-state index is 0.0204. The summed E-state index contributed by atoms with van der Waals surface area (Å²) in [5.41, 5.74) is 6.95. The Morgan fingerprint density at radius 1 is 1.32 bits per heavy atom. The van der Waals surface area contributed by atoms with Crippen LogP contribution in [0, 0.1) is 0 Å². The molecule has 1 amide bonds. The Morgan fingerprint density at radius 3 is 2.47 bits per heavy atom. The summed E-state index contributed by atoms with van der Waals surface area (Å²) in [6.45, 7) is 2.62. The van der Waals surface area contributed by atoms with Crippen LogP contribution in [-0.4, -0.2) is 47.5 Å². The molecular formula is C13H19N3O3. The highest BCUT2D eigenvalue weighted by Gasteiger charge is 2.41. The zero-order valence-corrected chi connectivity index (χ0v) is 11.1. The monoisotopic (exact) mass is 265 g/mol. The molecule has 1 aromatic heterocycles. The highest BCUT2D eigenvalue weighted by molar-refractivity contribution is 5.93. The SMILES string of the molecule is Cn1cc(N)cc1C(=O)N1CCC2(CC1)OCCO2. The van der Waals surface area contributed by atoms with E-state index in [-0.39, 0.29) is 5.91 Å². The van der Waals surface area contributed by atoms with Gasteiger partial charge in [-0.3, -0.25) is 4.79 Å². The molecule has 1 aromatic rings. The van der Waals surface area contributed by atoms with Crippen molar-refractivity contribution in [3.63, 3.8) is 0 Å². The number of rotatable bonds is 1. The lowest BCUT2D eigenvalue weighted by atomic mass is 10.0. The summed E-state index contributed by atoms with van der Waals surface area (Å²) in [5, 5.41) is 0. The average Bonchev–Trinajstić information content (AvgIpc) is 2.97. The number of aromatic nitrogens is 1. The highest BCUT2D eigenvalue weighted by atomic mass is 16.7. The van der Waals surface area contributed by atoms with Crippen LogP contribution < -0.4 is 5.73 Å². The zero-order valence-electron chi connectivity index (χ0n) is 11.1. The molecule has 3 rings (SSSR count). The van der Waals surface area contributed by atoms with Crippen molar-refractivity contribution in [3.8, 4) is 0 Å². The molecule has 0 bridgehead atoms. The van der Waals surface area contributed by atoms with Crippen molar-refractivity contribution in [2.75, 3.05) is 32.0 Å². The number of nitrogens with two attached hydrogens (primary N) is 1. The quantitative estimate of drug-likeness (QED) is 0.806. The smallest absolute Gasteiger partial charge is 0.270 e. The molecule has 2 aliphatic heterocycles. The van der Waals surface area contributed by atoms with Crippen molar-refractivity contribution in [1.82, 2.24) is 9.47 Å². The molecule has 0 saturated carbocycles. The lowest BCUT2D eigenvalue weighted by molar-refractivity contribution is -0.181. The van der Waals surface area contributed by atoms with Gasteiger partial charge in [0.1, 0.15) is 5.69 Å². The van der Waals surface area contributed by atoms with Crippen LogP contribution >= 0.6 is 0 Å². The summed E-state index contributed by atoms with van der Waals surface area (Å²) in [4.78, 5) is 14.2. The fourth-order valence-electron chi connectivity index (χ4n) is 2.80. The number of hydrogen-bond acceptors (Lipinski definition) is 4. The number of anilines is 1. The topological polar surface area (TPSA) is 69.7 Å². The number of piperidine rings is 1. The number of carbonyl (C=O) groups is 1. The van der Waals surface area contributed by atoms with Gasteiger partial charge in [-0.15, -0.1) is 0 Å². The normalized spacial score (nSPS) is 22.1. The van der Waals surface area contributed by atoms with E-state index in [0.717, 1.165) is 12.8 Å². The van der Waals surface area contributed by atoms with E-state index in [4.69, 9.17) is 15.2 Å². The van der Waals surface area contributed by atoms with E-state index in [2.05, 4.69) is 0 Å². The van der Waals surface area contributed by atoms with Crippen LogP contribution in [0.3, 0.4) is 0 Å². The summed E-state index contributed by atoms with van der Waals surface area (Å²) in [7, 11) is 1.83. The van der Waals surface area contributed by atoms with Gasteiger partial charge in [0, 0.05) is 39.2 Å². The predicted octanol–water partition coefficient (Wildman–Crippen LogP) is 0.586. The summed E-state index contributed by atoms with van der Waals surface area (Å²) in [6, 6.07) is 1.72. The molecule has 0 unspecified atom stereocenters. The molecule has 1 spiro atoms. The Morgan fingerprint density at radius 2 is 1.95 bits per heavy atom. The number of carbonyl (C=O) groups excluding carboxylic acids is 1. The predicted molar refractivity (Wildman–Crippen MR) is 69.6 cm³/mol. The van der Waals surface area contributed by atoms with Gasteiger partial charge in [-0.25, -0.2) is 0 Å². The van der Waals surface area contributed by atoms with E-state index in [1.54, 1.807) is 16.8 Å². The van der Waals surface area contributed by atoms with Crippen LogP contribution in [0.1, 0.15) is 23.3 Å². The van der Waals surface area contributed by atoms with Crippen LogP contribution in [0.15, 0.2) is 12.3 Å². The number of hydrogen-bond donors (Lipinski definition) is 1. The van der Waals surface area contributed by atoms with Gasteiger partial charge < -0.3 is 24.7 Å². The van der Waals surface area contributed by atoms with E-state index >= 15 is 0 Å². The molecule has 2 saturated heterocycles. The molecular weight excluding hydrogens is 246 g/mol. The molecule has 2 aliphatic rings. The Bertz CT molecular complexity index is 481. The maximum atomic E-state index is 12.4. The second-order valence-electron chi connectivity index (χ2n) is 5.17. The van der Waals surface area contributed by atoms with Gasteiger partial charge >= 0.3 is 0 Å². The van der Waals surface area contributed by atoms with Crippen LogP contribution in [0.2, 0.25) is 0 Å². The third kappa shape index (κ3) is 2.21. The minimum Gasteiger partial charge on any atom is -0.397 e. The van der Waals surface area contributed by atoms with Crippen LogP contribution in [0.25, 0.3) is 0 Å². The number of likely N-dealkylation sites (tertiary alicyclic amines) is 1. The largest absolute Gasteiger partial charge is 0.397 e. The maximum absolute atomic E-state index is 12.4. The summed E-state index contributed by atoms with van der Waals surface area (Å²) >= 11 is 0. The van der Waals surface area contributed by atoms with Crippen LogP contribution in [0.4, 0.5) is 5.69 Å². The van der Waals surface area contributed by atoms with Crippen molar-refractivity contribution < 1.29 is 14.3 Å². The highest BCUT2D eigenvalue weighted by Crippen LogP contribution is 2.31. The number of nitrogen functional groups attached to an aromatic ring is 1. The van der Waals surface area contributed by atoms with Gasteiger partial charge in [-0.05, 0) is 6.07 Å². The third-order valence-electron chi connectivity index (χ3n) is 3.87.